The maximum atomic E-state index is 4.71. The second kappa shape index (κ2) is 7.25. The third-order valence-corrected chi connectivity index (χ3v) is 2.99. The number of benzene rings is 1. The van der Waals surface area contributed by atoms with Crippen LogP contribution in [0, 0.1) is 6.92 Å². The van der Waals surface area contributed by atoms with Crippen LogP contribution in [0.15, 0.2) is 35.8 Å². The molecule has 0 atom stereocenters. The molecule has 5 heteroatoms. The number of rotatable bonds is 3. The Kier molecular flexibility index (Phi) is 5.96. The van der Waals surface area contributed by atoms with Gasteiger partial charge in [-0.1, -0.05) is 32.0 Å². The summed E-state index contributed by atoms with van der Waals surface area (Å²) in [5, 5.41) is 0. The van der Waals surface area contributed by atoms with E-state index in [0.717, 1.165) is 11.4 Å². The number of para-hydroxylation sites is 1. The van der Waals surface area contributed by atoms with Crippen LogP contribution in [0.2, 0.25) is 0 Å². The molecule has 1 aromatic carbocycles. The van der Waals surface area contributed by atoms with Crippen LogP contribution in [0.25, 0.3) is 0 Å². The number of hydrogen-bond acceptors (Lipinski definition) is 4. The maximum Gasteiger partial charge on any atom is 0.176 e. The predicted molar refractivity (Wildman–Crippen MR) is 77.0 cm³/mol. The Hall–Kier alpha value is -1.61. The summed E-state index contributed by atoms with van der Waals surface area (Å²) in [4.78, 5) is 16.8. The summed E-state index contributed by atoms with van der Waals surface area (Å²) in [6.07, 6.45) is 2.98. The fraction of sp³-hybridized carbons (Fsp3) is 0.333. The van der Waals surface area contributed by atoms with E-state index in [1.54, 1.807) is 0 Å². The van der Waals surface area contributed by atoms with Gasteiger partial charge in [-0.25, -0.2) is 19.9 Å². The number of aliphatic imine (C=N–C) groups is 1. The molecule has 0 unspecified atom stereocenters. The van der Waals surface area contributed by atoms with E-state index < -0.39 is 0 Å². The van der Waals surface area contributed by atoms with Crippen molar-refractivity contribution in [1.29, 1.82) is 0 Å². The molecule has 0 radical (unpaired) electrons. The summed E-state index contributed by atoms with van der Waals surface area (Å²) in [6, 6.07) is 6.27. The van der Waals surface area contributed by atoms with Gasteiger partial charge < -0.3 is 0 Å². The van der Waals surface area contributed by atoms with Crippen molar-refractivity contribution in [3.05, 3.63) is 47.8 Å². The summed E-state index contributed by atoms with van der Waals surface area (Å²) in [5.74, 6) is 1.05. The minimum atomic E-state index is 0. The van der Waals surface area contributed by atoms with Gasteiger partial charge in [0, 0.05) is 16.5 Å². The molecule has 0 fully saturated rings. The Labute approximate surface area is 129 Å². The fourth-order valence-corrected chi connectivity index (χ4v) is 1.94. The second-order valence-electron chi connectivity index (χ2n) is 4.83. The molecule has 2 rings (SSSR count). The maximum absolute atomic E-state index is 4.71. The van der Waals surface area contributed by atoms with Crippen molar-refractivity contribution in [2.75, 3.05) is 0 Å². The Bertz CT molecular complexity index is 594. The van der Waals surface area contributed by atoms with Gasteiger partial charge in [0.15, 0.2) is 5.82 Å². The van der Waals surface area contributed by atoms with E-state index in [2.05, 4.69) is 53.9 Å². The molecule has 0 amide bonds. The molecule has 0 aliphatic heterocycles. The van der Waals surface area contributed by atoms with Crippen LogP contribution in [-0.4, -0.2) is 20.7 Å². The molecule has 4 nitrogen and oxygen atoms in total. The molecule has 0 aliphatic carbocycles. The summed E-state index contributed by atoms with van der Waals surface area (Å²) < 4.78 is 0. The minimum Gasteiger partial charge on any atom is -0.249 e. The SMILES string of the molecule is CC(=Nc1c(C)cccc1C(C)C)c1ncncn1.[Ni]. The van der Waals surface area contributed by atoms with E-state index in [-0.39, 0.29) is 16.5 Å². The Morgan fingerprint density at radius 1 is 1.15 bits per heavy atom. The van der Waals surface area contributed by atoms with Crippen LogP contribution in [0.4, 0.5) is 5.69 Å². The summed E-state index contributed by atoms with van der Waals surface area (Å²) >= 11 is 0. The monoisotopic (exact) mass is 312 g/mol. The van der Waals surface area contributed by atoms with Crippen LogP contribution in [0.1, 0.15) is 43.6 Å². The average Bonchev–Trinajstić information content (AvgIpc) is 2.41. The summed E-state index contributed by atoms with van der Waals surface area (Å²) in [5.41, 5.74) is 4.24. The number of aryl methyl sites for hydroxylation is 1. The van der Waals surface area contributed by atoms with Gasteiger partial charge in [0.1, 0.15) is 12.7 Å². The fourth-order valence-electron chi connectivity index (χ4n) is 1.94. The third-order valence-electron chi connectivity index (χ3n) is 2.99. The van der Waals surface area contributed by atoms with Crippen LogP contribution >= 0.6 is 0 Å². The van der Waals surface area contributed by atoms with E-state index in [0.29, 0.717) is 11.7 Å². The van der Waals surface area contributed by atoms with Crippen LogP contribution in [0.5, 0.6) is 0 Å². The van der Waals surface area contributed by atoms with Crippen molar-refractivity contribution in [2.24, 2.45) is 4.99 Å². The van der Waals surface area contributed by atoms with Crippen molar-refractivity contribution >= 4 is 11.4 Å². The van der Waals surface area contributed by atoms with E-state index >= 15 is 0 Å². The van der Waals surface area contributed by atoms with Gasteiger partial charge in [-0.15, -0.1) is 0 Å². The first-order chi connectivity index (χ1) is 9.09. The number of hydrogen-bond donors (Lipinski definition) is 0. The van der Waals surface area contributed by atoms with Gasteiger partial charge in [0.05, 0.1) is 11.4 Å². The largest absolute Gasteiger partial charge is 0.249 e. The molecule has 0 aliphatic rings. The molecule has 1 heterocycles. The molecule has 0 spiro atoms. The van der Waals surface area contributed by atoms with Gasteiger partial charge >= 0.3 is 0 Å². The molecule has 20 heavy (non-hydrogen) atoms. The molecule has 108 valence electrons. The van der Waals surface area contributed by atoms with Gasteiger partial charge in [0.2, 0.25) is 0 Å². The van der Waals surface area contributed by atoms with Crippen LogP contribution in [0.3, 0.4) is 0 Å². The topological polar surface area (TPSA) is 51.0 Å². The van der Waals surface area contributed by atoms with Gasteiger partial charge in [-0.05, 0) is 30.9 Å². The van der Waals surface area contributed by atoms with E-state index in [1.165, 1.54) is 23.8 Å². The van der Waals surface area contributed by atoms with Gasteiger partial charge in [0.25, 0.3) is 0 Å². The van der Waals surface area contributed by atoms with Gasteiger partial charge in [-0.2, -0.15) is 0 Å². The molecule has 0 saturated carbocycles. The summed E-state index contributed by atoms with van der Waals surface area (Å²) in [7, 11) is 0. The summed E-state index contributed by atoms with van der Waals surface area (Å²) in [6.45, 7) is 8.34. The number of aromatic nitrogens is 3. The van der Waals surface area contributed by atoms with Crippen LogP contribution < -0.4 is 0 Å². The Morgan fingerprint density at radius 3 is 2.40 bits per heavy atom. The molecular weight excluding hydrogens is 295 g/mol. The standard InChI is InChI=1S/C15H18N4.Ni/c1-10(2)13-7-5-6-11(3)14(13)19-12(4)15-17-8-16-9-18-15;/h5-10H,1-4H3;. The molecular formula is C15H18N4Ni. The number of nitrogens with zero attached hydrogens (tertiary/aromatic N) is 4. The quantitative estimate of drug-likeness (QED) is 0.644. The van der Waals surface area contributed by atoms with Gasteiger partial charge in [-0.3, -0.25) is 0 Å². The smallest absolute Gasteiger partial charge is 0.176 e. The van der Waals surface area contributed by atoms with E-state index in [9.17, 15) is 0 Å². The zero-order valence-electron chi connectivity index (χ0n) is 12.1. The first-order valence-electron chi connectivity index (χ1n) is 6.36. The predicted octanol–water partition coefficient (Wildman–Crippen LogP) is 3.44. The first kappa shape index (κ1) is 16.4. The second-order valence-corrected chi connectivity index (χ2v) is 4.83. The molecule has 1 aromatic heterocycles. The minimum absolute atomic E-state index is 0. The zero-order valence-corrected chi connectivity index (χ0v) is 13.1. The molecule has 0 saturated heterocycles. The van der Waals surface area contributed by atoms with Crippen molar-refractivity contribution in [3.8, 4) is 0 Å². The van der Waals surface area contributed by atoms with Crippen molar-refractivity contribution in [2.45, 2.75) is 33.6 Å². The molecule has 2 aromatic rings. The Morgan fingerprint density at radius 2 is 1.80 bits per heavy atom. The molecule has 0 N–H and O–H groups in total. The normalized spacial score (nSPS) is 11.3. The Balaban J connectivity index is 0.00000200. The van der Waals surface area contributed by atoms with Crippen molar-refractivity contribution in [3.63, 3.8) is 0 Å². The van der Waals surface area contributed by atoms with Crippen molar-refractivity contribution in [1.82, 2.24) is 15.0 Å². The van der Waals surface area contributed by atoms with Crippen LogP contribution in [-0.2, 0) is 16.5 Å². The first-order valence-corrected chi connectivity index (χ1v) is 6.36. The van der Waals surface area contributed by atoms with E-state index in [4.69, 9.17) is 4.99 Å². The molecule has 0 bridgehead atoms. The average molecular weight is 313 g/mol. The van der Waals surface area contributed by atoms with E-state index in [1.807, 2.05) is 6.92 Å². The zero-order chi connectivity index (χ0) is 13.8. The third kappa shape index (κ3) is 3.70. The van der Waals surface area contributed by atoms with Crippen molar-refractivity contribution < 1.29 is 16.5 Å².